The normalized spacial score (nSPS) is 16.5. The molecule has 2 aromatic heterocycles. The molecule has 3 heterocycles. The lowest BCUT2D eigenvalue weighted by Crippen LogP contribution is -2.47. The van der Waals surface area contributed by atoms with Crippen molar-refractivity contribution in [1.82, 2.24) is 15.2 Å². The first-order valence-corrected chi connectivity index (χ1v) is 8.20. The maximum absolute atomic E-state index is 15.0. The third-order valence-electron chi connectivity index (χ3n) is 4.54. The molecule has 132 valence electrons. The molecule has 2 amide bonds. The molecule has 2 aromatic rings. The fraction of sp³-hybridized carbons (Fsp3) is 0.389. The number of pyridine rings is 1. The van der Waals surface area contributed by atoms with E-state index in [0.717, 1.165) is 0 Å². The molecular weight excluding hydrogens is 325 g/mol. The molecule has 1 aliphatic heterocycles. The molecule has 1 saturated heterocycles. The Labute approximate surface area is 145 Å². The zero-order valence-corrected chi connectivity index (χ0v) is 14.0. The van der Waals surface area contributed by atoms with Crippen molar-refractivity contribution in [2.24, 2.45) is 0 Å². The van der Waals surface area contributed by atoms with Crippen LogP contribution in [-0.4, -0.2) is 41.3 Å². The predicted octanol–water partition coefficient (Wildman–Crippen LogP) is 2.20. The van der Waals surface area contributed by atoms with Crippen LogP contribution in [0.2, 0.25) is 0 Å². The van der Waals surface area contributed by atoms with E-state index < -0.39 is 5.67 Å². The molecule has 1 N–H and O–H groups in total. The van der Waals surface area contributed by atoms with Crippen LogP contribution >= 0.6 is 0 Å². The molecule has 1 fully saturated rings. The molecule has 6 nitrogen and oxygen atoms in total. The average molecular weight is 345 g/mol. The minimum Gasteiger partial charge on any atom is -0.469 e. The van der Waals surface area contributed by atoms with Gasteiger partial charge >= 0.3 is 0 Å². The molecule has 0 aromatic carbocycles. The second kappa shape index (κ2) is 7.04. The molecule has 0 aliphatic carbocycles. The van der Waals surface area contributed by atoms with Gasteiger partial charge in [0.25, 0.3) is 5.91 Å². The number of likely N-dealkylation sites (tertiary alicyclic amines) is 1. The highest BCUT2D eigenvalue weighted by Gasteiger charge is 2.38. The van der Waals surface area contributed by atoms with Gasteiger partial charge in [-0.2, -0.15) is 0 Å². The van der Waals surface area contributed by atoms with Gasteiger partial charge in [0.15, 0.2) is 5.67 Å². The number of hydrogen-bond donors (Lipinski definition) is 1. The second-order valence-corrected chi connectivity index (χ2v) is 6.13. The quantitative estimate of drug-likeness (QED) is 0.922. The first-order valence-electron chi connectivity index (χ1n) is 8.20. The summed E-state index contributed by atoms with van der Waals surface area (Å²) in [5.41, 5.74) is -0.690. The number of alkyl halides is 1. The summed E-state index contributed by atoms with van der Waals surface area (Å²) in [6.45, 7) is 2.16. The van der Waals surface area contributed by atoms with Crippen LogP contribution in [0.3, 0.4) is 0 Å². The maximum atomic E-state index is 15.0. The Hall–Kier alpha value is -2.70. The fourth-order valence-electron chi connectivity index (χ4n) is 2.98. The van der Waals surface area contributed by atoms with Crippen molar-refractivity contribution in [3.8, 4) is 0 Å². The number of aryl methyl sites for hydroxylation is 1. The summed E-state index contributed by atoms with van der Waals surface area (Å²) in [6.07, 6.45) is 3.39. The Morgan fingerprint density at radius 2 is 2.08 bits per heavy atom. The van der Waals surface area contributed by atoms with E-state index >= 15 is 4.39 Å². The third kappa shape index (κ3) is 3.70. The summed E-state index contributed by atoms with van der Waals surface area (Å²) < 4.78 is 20.1. The average Bonchev–Trinajstić information content (AvgIpc) is 3.07. The van der Waals surface area contributed by atoms with Gasteiger partial charge in [0.2, 0.25) is 5.91 Å². The lowest BCUT2D eigenvalue weighted by molar-refractivity contribution is -0.132. The molecule has 0 unspecified atom stereocenters. The Bertz CT molecular complexity index is 752. The summed E-state index contributed by atoms with van der Waals surface area (Å²) in [5, 5.41) is 2.58. The lowest BCUT2D eigenvalue weighted by Gasteiger charge is -2.36. The summed E-state index contributed by atoms with van der Waals surface area (Å²) in [7, 11) is 0. The SMILES string of the molecule is Cc1occc1C(=O)NCC(=O)N1CCC(F)(c2ccccn2)CC1. The van der Waals surface area contributed by atoms with E-state index in [9.17, 15) is 9.59 Å². The first-order chi connectivity index (χ1) is 12.0. The number of hydrogen-bond acceptors (Lipinski definition) is 4. The highest BCUT2D eigenvalue weighted by Crippen LogP contribution is 2.35. The van der Waals surface area contributed by atoms with E-state index in [2.05, 4.69) is 10.3 Å². The Balaban J connectivity index is 1.52. The summed E-state index contributed by atoms with van der Waals surface area (Å²) in [6, 6.07) is 6.73. The lowest BCUT2D eigenvalue weighted by atomic mass is 9.89. The van der Waals surface area contributed by atoms with Crippen molar-refractivity contribution >= 4 is 11.8 Å². The van der Waals surface area contributed by atoms with Gasteiger partial charge in [-0.15, -0.1) is 0 Å². The molecule has 3 rings (SSSR count). The van der Waals surface area contributed by atoms with Crippen molar-refractivity contribution < 1.29 is 18.4 Å². The predicted molar refractivity (Wildman–Crippen MR) is 88.6 cm³/mol. The summed E-state index contributed by atoms with van der Waals surface area (Å²) in [5.74, 6) is -0.0806. The number of halogens is 1. The second-order valence-electron chi connectivity index (χ2n) is 6.13. The van der Waals surface area contributed by atoms with Crippen molar-refractivity contribution in [3.63, 3.8) is 0 Å². The minimum atomic E-state index is -1.50. The van der Waals surface area contributed by atoms with Crippen molar-refractivity contribution in [2.45, 2.75) is 25.4 Å². The molecule has 0 bridgehead atoms. The number of carbonyl (C=O) groups is 2. The van der Waals surface area contributed by atoms with Crippen LogP contribution < -0.4 is 5.32 Å². The molecular formula is C18H20FN3O3. The van der Waals surface area contributed by atoms with Gasteiger partial charge in [-0.25, -0.2) is 4.39 Å². The number of nitrogens with one attached hydrogen (secondary N) is 1. The summed E-state index contributed by atoms with van der Waals surface area (Å²) >= 11 is 0. The number of aromatic nitrogens is 1. The van der Waals surface area contributed by atoms with Crippen molar-refractivity contribution in [2.75, 3.05) is 19.6 Å². The van der Waals surface area contributed by atoms with Crippen LogP contribution in [0.15, 0.2) is 41.1 Å². The molecule has 0 saturated carbocycles. The molecule has 0 spiro atoms. The van der Waals surface area contributed by atoms with Crippen LogP contribution in [0.4, 0.5) is 4.39 Å². The Morgan fingerprint density at radius 3 is 2.68 bits per heavy atom. The number of piperidine rings is 1. The number of carbonyl (C=O) groups excluding carboxylic acids is 2. The monoisotopic (exact) mass is 345 g/mol. The van der Waals surface area contributed by atoms with Crippen LogP contribution in [0.5, 0.6) is 0 Å². The van der Waals surface area contributed by atoms with Gasteiger partial charge in [0.05, 0.1) is 24.1 Å². The van der Waals surface area contributed by atoms with Gasteiger partial charge in [0, 0.05) is 32.1 Å². The van der Waals surface area contributed by atoms with Crippen LogP contribution in [0.25, 0.3) is 0 Å². The van der Waals surface area contributed by atoms with E-state index in [4.69, 9.17) is 4.42 Å². The van der Waals surface area contributed by atoms with Crippen LogP contribution in [0.1, 0.15) is 34.7 Å². The number of rotatable bonds is 4. The number of nitrogens with zero attached hydrogens (tertiary/aromatic N) is 2. The van der Waals surface area contributed by atoms with Gasteiger partial charge < -0.3 is 14.6 Å². The highest BCUT2D eigenvalue weighted by atomic mass is 19.1. The van der Waals surface area contributed by atoms with Gasteiger partial charge in [-0.1, -0.05) is 6.07 Å². The van der Waals surface area contributed by atoms with Crippen LogP contribution in [-0.2, 0) is 10.5 Å². The first kappa shape index (κ1) is 17.1. The largest absolute Gasteiger partial charge is 0.469 e. The van der Waals surface area contributed by atoms with Crippen LogP contribution in [0, 0.1) is 6.92 Å². The smallest absolute Gasteiger partial charge is 0.255 e. The van der Waals surface area contributed by atoms with Gasteiger partial charge in [-0.3, -0.25) is 14.6 Å². The third-order valence-corrected chi connectivity index (χ3v) is 4.54. The van der Waals surface area contributed by atoms with Crippen molar-refractivity contribution in [1.29, 1.82) is 0 Å². The fourth-order valence-corrected chi connectivity index (χ4v) is 2.98. The molecule has 0 atom stereocenters. The van der Waals surface area contributed by atoms with E-state index in [1.54, 1.807) is 42.3 Å². The molecule has 7 heteroatoms. The van der Waals surface area contributed by atoms with E-state index in [1.165, 1.54) is 6.26 Å². The maximum Gasteiger partial charge on any atom is 0.255 e. The Morgan fingerprint density at radius 1 is 1.32 bits per heavy atom. The zero-order chi connectivity index (χ0) is 17.9. The number of furan rings is 1. The zero-order valence-electron chi connectivity index (χ0n) is 14.0. The van der Waals surface area contributed by atoms with Crippen molar-refractivity contribution in [3.05, 3.63) is 53.7 Å². The van der Waals surface area contributed by atoms with E-state index in [-0.39, 0.29) is 31.2 Å². The number of amides is 2. The Kier molecular flexibility index (Phi) is 4.83. The van der Waals surface area contributed by atoms with Gasteiger partial charge in [0.1, 0.15) is 5.76 Å². The molecule has 25 heavy (non-hydrogen) atoms. The van der Waals surface area contributed by atoms with E-state index in [0.29, 0.717) is 30.1 Å². The highest BCUT2D eigenvalue weighted by molar-refractivity contribution is 5.97. The van der Waals surface area contributed by atoms with Gasteiger partial charge in [-0.05, 0) is 25.1 Å². The molecule has 0 radical (unpaired) electrons. The van der Waals surface area contributed by atoms with E-state index in [1.807, 2.05) is 0 Å². The minimum absolute atomic E-state index is 0.119. The molecule has 1 aliphatic rings. The summed E-state index contributed by atoms with van der Waals surface area (Å²) in [4.78, 5) is 29.9. The standard InChI is InChI=1S/C18H20FN3O3/c1-13-14(5-11-25-13)17(24)21-12-16(23)22-9-6-18(19,7-10-22)15-4-2-3-8-20-15/h2-5,8,11H,6-7,9-10,12H2,1H3,(H,21,24). The topological polar surface area (TPSA) is 75.4 Å².